The molecule has 3 aromatic rings. The summed E-state index contributed by atoms with van der Waals surface area (Å²) in [6, 6.07) is 10.3. The van der Waals surface area contributed by atoms with E-state index >= 15 is 0 Å². The maximum absolute atomic E-state index is 13.0. The van der Waals surface area contributed by atoms with Gasteiger partial charge in [0.1, 0.15) is 0 Å². The lowest BCUT2D eigenvalue weighted by Gasteiger charge is -2.31. The molecular formula is C25H26Cl2N4O4. The Balaban J connectivity index is 1.39. The van der Waals surface area contributed by atoms with Crippen LogP contribution in [0.15, 0.2) is 40.9 Å². The van der Waals surface area contributed by atoms with Gasteiger partial charge in [0.05, 0.1) is 29.7 Å². The number of amides is 1. The van der Waals surface area contributed by atoms with Gasteiger partial charge in [0, 0.05) is 22.8 Å². The minimum atomic E-state index is -0.411. The van der Waals surface area contributed by atoms with Gasteiger partial charge in [-0.15, -0.1) is 0 Å². The number of hydrogen-bond donors (Lipinski definition) is 1. The molecular weight excluding hydrogens is 491 g/mol. The molecule has 1 saturated heterocycles. The van der Waals surface area contributed by atoms with Crippen LogP contribution in [0.25, 0.3) is 11.4 Å². The van der Waals surface area contributed by atoms with Crippen molar-refractivity contribution < 1.29 is 18.8 Å². The molecule has 0 bridgehead atoms. The van der Waals surface area contributed by atoms with Crippen molar-refractivity contribution in [3.8, 4) is 11.4 Å². The topological polar surface area (TPSA) is 97.6 Å². The van der Waals surface area contributed by atoms with Crippen LogP contribution in [0.4, 0.5) is 5.69 Å². The van der Waals surface area contributed by atoms with E-state index in [0.717, 1.165) is 24.9 Å². The summed E-state index contributed by atoms with van der Waals surface area (Å²) in [7, 11) is 0. The van der Waals surface area contributed by atoms with Gasteiger partial charge in [-0.2, -0.15) is 4.98 Å². The van der Waals surface area contributed by atoms with Crippen molar-refractivity contribution in [2.24, 2.45) is 5.92 Å². The third-order valence-electron chi connectivity index (χ3n) is 5.88. The Bertz CT molecular complexity index is 1230. The highest BCUT2D eigenvalue weighted by Crippen LogP contribution is 2.29. The minimum absolute atomic E-state index is 0.0852. The van der Waals surface area contributed by atoms with Gasteiger partial charge < -0.3 is 14.6 Å². The molecule has 0 aliphatic carbocycles. The molecule has 0 spiro atoms. The number of ether oxygens (including phenoxy) is 1. The zero-order chi connectivity index (χ0) is 24.9. The first kappa shape index (κ1) is 25.2. The van der Waals surface area contributed by atoms with Crippen molar-refractivity contribution in [2.75, 3.05) is 25.0 Å². The SMILES string of the molecule is CCOC(=O)c1ccc(C)c(NC(=O)C2CCCN(Cc3nc(-c4ccc(Cl)cc4Cl)no3)C2)c1. The Morgan fingerprint density at radius 3 is 2.83 bits per heavy atom. The lowest BCUT2D eigenvalue weighted by atomic mass is 9.96. The standard InChI is InChI=1S/C25H26Cl2N4O4/c1-3-34-25(33)16-7-6-15(2)21(11-16)28-24(32)17-5-4-10-31(13-17)14-22-29-23(30-35-22)19-9-8-18(26)12-20(19)27/h6-9,11-12,17H,3-5,10,13-14H2,1-2H3,(H,28,32). The third kappa shape index (κ3) is 6.20. The zero-order valence-corrected chi connectivity index (χ0v) is 21.0. The quantitative estimate of drug-likeness (QED) is 0.421. The predicted molar refractivity (Wildman–Crippen MR) is 134 cm³/mol. The van der Waals surface area contributed by atoms with Crippen LogP contribution in [0.3, 0.4) is 0 Å². The molecule has 1 fully saturated rings. The average molecular weight is 517 g/mol. The molecule has 35 heavy (non-hydrogen) atoms. The first-order chi connectivity index (χ1) is 16.8. The highest BCUT2D eigenvalue weighted by molar-refractivity contribution is 6.36. The van der Waals surface area contributed by atoms with Gasteiger partial charge in [-0.05, 0) is 69.1 Å². The molecule has 1 aliphatic heterocycles. The number of nitrogens with one attached hydrogen (secondary N) is 1. The van der Waals surface area contributed by atoms with Crippen molar-refractivity contribution in [3.05, 3.63) is 63.5 Å². The summed E-state index contributed by atoms with van der Waals surface area (Å²) in [4.78, 5) is 31.7. The van der Waals surface area contributed by atoms with E-state index in [4.69, 9.17) is 32.5 Å². The molecule has 1 aromatic heterocycles. The van der Waals surface area contributed by atoms with Crippen LogP contribution in [0.2, 0.25) is 10.0 Å². The van der Waals surface area contributed by atoms with E-state index < -0.39 is 5.97 Å². The maximum atomic E-state index is 13.0. The second kappa shape index (κ2) is 11.2. The molecule has 1 aliphatic rings. The largest absolute Gasteiger partial charge is 0.462 e. The summed E-state index contributed by atoms with van der Waals surface area (Å²) in [6.45, 7) is 5.74. The molecule has 1 amide bonds. The van der Waals surface area contributed by atoms with Gasteiger partial charge in [0.25, 0.3) is 0 Å². The molecule has 2 heterocycles. The number of aryl methyl sites for hydroxylation is 1. The second-order valence-corrected chi connectivity index (χ2v) is 9.29. The summed E-state index contributed by atoms with van der Waals surface area (Å²) >= 11 is 12.2. The van der Waals surface area contributed by atoms with Gasteiger partial charge in [0.2, 0.25) is 17.6 Å². The number of halogens is 2. The molecule has 1 atom stereocenters. The van der Waals surface area contributed by atoms with E-state index in [1.165, 1.54) is 0 Å². The lowest BCUT2D eigenvalue weighted by molar-refractivity contribution is -0.121. The summed E-state index contributed by atoms with van der Waals surface area (Å²) in [5.74, 6) is 0.140. The van der Waals surface area contributed by atoms with E-state index in [9.17, 15) is 9.59 Å². The number of anilines is 1. The van der Waals surface area contributed by atoms with Crippen LogP contribution in [-0.2, 0) is 16.1 Å². The fraction of sp³-hybridized carbons (Fsp3) is 0.360. The number of nitrogens with zero attached hydrogens (tertiary/aromatic N) is 3. The van der Waals surface area contributed by atoms with E-state index in [1.807, 2.05) is 6.92 Å². The fourth-order valence-electron chi connectivity index (χ4n) is 4.04. The molecule has 1 N–H and O–H groups in total. The molecule has 4 rings (SSSR count). The number of esters is 1. The first-order valence-electron chi connectivity index (χ1n) is 11.4. The number of carbonyl (C=O) groups is 2. The Labute approximate surface area is 213 Å². The maximum Gasteiger partial charge on any atom is 0.338 e. The predicted octanol–water partition coefficient (Wildman–Crippen LogP) is 5.38. The number of benzene rings is 2. The van der Waals surface area contributed by atoms with Crippen LogP contribution in [0, 0.1) is 12.8 Å². The van der Waals surface area contributed by atoms with Crippen molar-refractivity contribution in [2.45, 2.75) is 33.2 Å². The zero-order valence-electron chi connectivity index (χ0n) is 19.5. The third-order valence-corrected chi connectivity index (χ3v) is 6.43. The number of hydrogen-bond acceptors (Lipinski definition) is 7. The number of rotatable bonds is 7. The van der Waals surface area contributed by atoms with Crippen LogP contribution in [-0.4, -0.2) is 46.6 Å². The normalized spacial score (nSPS) is 16.2. The van der Waals surface area contributed by atoms with Gasteiger partial charge in [0.15, 0.2) is 0 Å². The molecule has 0 saturated carbocycles. The van der Waals surface area contributed by atoms with Gasteiger partial charge in [-0.1, -0.05) is 34.4 Å². The fourth-order valence-corrected chi connectivity index (χ4v) is 4.53. The summed E-state index contributed by atoms with van der Waals surface area (Å²) in [5, 5.41) is 8.00. The van der Waals surface area contributed by atoms with E-state index in [2.05, 4.69) is 20.4 Å². The highest BCUT2D eigenvalue weighted by Gasteiger charge is 2.27. The molecule has 8 nitrogen and oxygen atoms in total. The van der Waals surface area contributed by atoms with Crippen molar-refractivity contribution in [1.82, 2.24) is 15.0 Å². The number of likely N-dealkylation sites (tertiary alicyclic amines) is 1. The average Bonchev–Trinajstić information content (AvgIpc) is 3.28. The van der Waals surface area contributed by atoms with Crippen LogP contribution >= 0.6 is 23.2 Å². The van der Waals surface area contributed by atoms with Crippen molar-refractivity contribution in [3.63, 3.8) is 0 Å². The van der Waals surface area contributed by atoms with E-state index in [0.29, 0.717) is 58.3 Å². The Kier molecular flexibility index (Phi) is 8.05. The molecule has 2 aromatic carbocycles. The van der Waals surface area contributed by atoms with E-state index in [1.54, 1.807) is 43.3 Å². The lowest BCUT2D eigenvalue weighted by Crippen LogP contribution is -2.40. The number of aromatic nitrogens is 2. The Morgan fingerprint density at radius 1 is 1.23 bits per heavy atom. The van der Waals surface area contributed by atoms with E-state index in [-0.39, 0.29) is 11.8 Å². The monoisotopic (exact) mass is 516 g/mol. The molecule has 10 heteroatoms. The summed E-state index contributed by atoms with van der Waals surface area (Å²) in [5.41, 5.74) is 2.53. The van der Waals surface area contributed by atoms with Gasteiger partial charge >= 0.3 is 5.97 Å². The number of carbonyl (C=O) groups excluding carboxylic acids is 2. The molecule has 1 unspecified atom stereocenters. The minimum Gasteiger partial charge on any atom is -0.462 e. The van der Waals surface area contributed by atoms with Gasteiger partial charge in [-0.25, -0.2) is 4.79 Å². The number of piperidine rings is 1. The smallest absolute Gasteiger partial charge is 0.338 e. The van der Waals surface area contributed by atoms with Crippen LogP contribution < -0.4 is 5.32 Å². The Morgan fingerprint density at radius 2 is 2.06 bits per heavy atom. The van der Waals surface area contributed by atoms with Crippen molar-refractivity contribution in [1.29, 1.82) is 0 Å². The Hall–Kier alpha value is -2.94. The summed E-state index contributed by atoms with van der Waals surface area (Å²) < 4.78 is 10.5. The second-order valence-electron chi connectivity index (χ2n) is 8.45. The molecule has 0 radical (unpaired) electrons. The van der Waals surface area contributed by atoms with Crippen LogP contribution in [0.1, 0.15) is 41.6 Å². The highest BCUT2D eigenvalue weighted by atomic mass is 35.5. The summed E-state index contributed by atoms with van der Waals surface area (Å²) in [6.07, 6.45) is 1.64. The van der Waals surface area contributed by atoms with Crippen molar-refractivity contribution >= 4 is 40.8 Å². The van der Waals surface area contributed by atoms with Crippen LogP contribution in [0.5, 0.6) is 0 Å². The van der Waals surface area contributed by atoms with Gasteiger partial charge in [-0.3, -0.25) is 9.69 Å². The first-order valence-corrected chi connectivity index (χ1v) is 12.2. The molecule has 184 valence electrons.